The second kappa shape index (κ2) is 5.50. The van der Waals surface area contributed by atoms with E-state index in [0.717, 1.165) is 30.7 Å². The van der Waals surface area contributed by atoms with Crippen LogP contribution in [0.25, 0.3) is 0 Å². The topological polar surface area (TPSA) is 12.0 Å². The Morgan fingerprint density at radius 1 is 1.42 bits per heavy atom. The second-order valence-electron chi connectivity index (χ2n) is 6.09. The van der Waals surface area contributed by atoms with Gasteiger partial charge in [-0.1, -0.05) is 37.3 Å². The van der Waals surface area contributed by atoms with E-state index < -0.39 is 0 Å². The smallest absolute Gasteiger partial charge is 0.0138 e. The van der Waals surface area contributed by atoms with Crippen LogP contribution in [0, 0.1) is 11.8 Å². The molecule has 1 saturated carbocycles. The van der Waals surface area contributed by atoms with Crippen LogP contribution in [0.4, 0.5) is 0 Å². The standard InChI is InChI=1S/C18H25N/c1-3-7-16(19-12-4-2)18-15-11-10-13-8-5-6-9-14(13)17(15)18/h3,5-6,8-9,15-19H,1,4,7,10-12H2,2H3. The SMILES string of the molecule is C=CCC(NCCC)C1C2CCc3ccccc3C21. The lowest BCUT2D eigenvalue weighted by atomic mass is 9.92. The third-order valence-corrected chi connectivity index (χ3v) is 4.93. The van der Waals surface area contributed by atoms with Crippen molar-refractivity contribution in [2.45, 2.75) is 44.6 Å². The average Bonchev–Trinajstić information content (AvgIpc) is 3.18. The van der Waals surface area contributed by atoms with Gasteiger partial charge >= 0.3 is 0 Å². The first-order valence-corrected chi connectivity index (χ1v) is 7.79. The lowest BCUT2D eigenvalue weighted by Gasteiger charge is -2.17. The van der Waals surface area contributed by atoms with E-state index in [1.807, 2.05) is 0 Å². The summed E-state index contributed by atoms with van der Waals surface area (Å²) in [6.07, 6.45) is 7.08. The van der Waals surface area contributed by atoms with E-state index in [9.17, 15) is 0 Å². The van der Waals surface area contributed by atoms with Gasteiger partial charge in [0.15, 0.2) is 0 Å². The van der Waals surface area contributed by atoms with E-state index in [0.29, 0.717) is 6.04 Å². The third kappa shape index (κ3) is 2.36. The minimum atomic E-state index is 0.638. The van der Waals surface area contributed by atoms with Gasteiger partial charge in [0.1, 0.15) is 0 Å². The number of hydrogen-bond donors (Lipinski definition) is 1. The monoisotopic (exact) mass is 255 g/mol. The van der Waals surface area contributed by atoms with Crippen molar-refractivity contribution in [3.63, 3.8) is 0 Å². The summed E-state index contributed by atoms with van der Waals surface area (Å²) in [5, 5.41) is 3.75. The van der Waals surface area contributed by atoms with Crippen molar-refractivity contribution in [3.05, 3.63) is 48.0 Å². The van der Waals surface area contributed by atoms with Crippen LogP contribution in [-0.2, 0) is 6.42 Å². The van der Waals surface area contributed by atoms with Crippen LogP contribution < -0.4 is 5.32 Å². The van der Waals surface area contributed by atoms with Crippen molar-refractivity contribution >= 4 is 0 Å². The Balaban J connectivity index is 1.76. The summed E-state index contributed by atoms with van der Waals surface area (Å²) in [5.41, 5.74) is 3.23. The van der Waals surface area contributed by atoms with Gasteiger partial charge in [0.05, 0.1) is 0 Å². The molecule has 102 valence electrons. The molecule has 0 spiro atoms. The maximum Gasteiger partial charge on any atom is 0.0138 e. The molecule has 0 aliphatic heterocycles. The van der Waals surface area contributed by atoms with Crippen LogP contribution in [0.2, 0.25) is 0 Å². The molecule has 1 fully saturated rings. The molecule has 4 atom stereocenters. The van der Waals surface area contributed by atoms with Crippen molar-refractivity contribution in [1.82, 2.24) is 5.32 Å². The van der Waals surface area contributed by atoms with Gasteiger partial charge in [-0.2, -0.15) is 0 Å². The fourth-order valence-electron chi connectivity index (χ4n) is 4.05. The average molecular weight is 255 g/mol. The lowest BCUT2D eigenvalue weighted by Crippen LogP contribution is -2.32. The van der Waals surface area contributed by atoms with Crippen molar-refractivity contribution in [2.75, 3.05) is 6.54 Å². The van der Waals surface area contributed by atoms with Crippen molar-refractivity contribution in [2.24, 2.45) is 11.8 Å². The predicted molar refractivity (Wildman–Crippen MR) is 81.4 cm³/mol. The first-order chi connectivity index (χ1) is 9.36. The normalized spacial score (nSPS) is 29.2. The molecular formula is C18H25N. The molecule has 3 rings (SSSR count). The van der Waals surface area contributed by atoms with Gasteiger partial charge in [-0.05, 0) is 61.1 Å². The molecule has 0 aromatic heterocycles. The molecule has 1 heteroatoms. The van der Waals surface area contributed by atoms with E-state index in [1.54, 1.807) is 11.1 Å². The molecule has 4 unspecified atom stereocenters. The van der Waals surface area contributed by atoms with Crippen molar-refractivity contribution < 1.29 is 0 Å². The van der Waals surface area contributed by atoms with Crippen molar-refractivity contribution in [3.8, 4) is 0 Å². The molecule has 2 aliphatic carbocycles. The molecule has 1 N–H and O–H groups in total. The third-order valence-electron chi connectivity index (χ3n) is 4.93. The zero-order chi connectivity index (χ0) is 13.2. The summed E-state index contributed by atoms with van der Waals surface area (Å²) in [6.45, 7) is 7.32. The zero-order valence-electron chi connectivity index (χ0n) is 11.9. The molecule has 0 heterocycles. The Hall–Kier alpha value is -1.08. The van der Waals surface area contributed by atoms with Gasteiger partial charge in [0.25, 0.3) is 0 Å². The van der Waals surface area contributed by atoms with Crippen LogP contribution in [0.15, 0.2) is 36.9 Å². The van der Waals surface area contributed by atoms with Gasteiger partial charge in [-0.3, -0.25) is 0 Å². The Kier molecular flexibility index (Phi) is 3.74. The fraction of sp³-hybridized carbons (Fsp3) is 0.556. The molecule has 1 aromatic carbocycles. The summed E-state index contributed by atoms with van der Waals surface area (Å²) < 4.78 is 0. The molecular weight excluding hydrogens is 230 g/mol. The molecule has 0 bridgehead atoms. The molecule has 0 saturated heterocycles. The number of benzene rings is 1. The van der Waals surface area contributed by atoms with Gasteiger partial charge in [0, 0.05) is 6.04 Å². The summed E-state index contributed by atoms with van der Waals surface area (Å²) in [4.78, 5) is 0. The molecule has 1 aromatic rings. The molecule has 0 amide bonds. The minimum Gasteiger partial charge on any atom is -0.313 e. The summed E-state index contributed by atoms with van der Waals surface area (Å²) in [5.74, 6) is 2.58. The van der Waals surface area contributed by atoms with E-state index >= 15 is 0 Å². The van der Waals surface area contributed by atoms with Gasteiger partial charge in [-0.15, -0.1) is 6.58 Å². The molecule has 0 radical (unpaired) electrons. The number of aryl methyl sites for hydroxylation is 1. The van der Waals surface area contributed by atoms with E-state index in [2.05, 4.69) is 49.2 Å². The van der Waals surface area contributed by atoms with Gasteiger partial charge < -0.3 is 5.32 Å². The Labute approximate surface area is 117 Å². The number of hydrogen-bond acceptors (Lipinski definition) is 1. The highest BCUT2D eigenvalue weighted by molar-refractivity contribution is 5.40. The Morgan fingerprint density at radius 2 is 2.26 bits per heavy atom. The Bertz CT molecular complexity index is 451. The first kappa shape index (κ1) is 12.9. The van der Waals surface area contributed by atoms with Crippen LogP contribution in [0.5, 0.6) is 0 Å². The Morgan fingerprint density at radius 3 is 3.05 bits per heavy atom. The maximum absolute atomic E-state index is 3.94. The summed E-state index contributed by atoms with van der Waals surface area (Å²) in [6, 6.07) is 9.71. The van der Waals surface area contributed by atoms with Crippen molar-refractivity contribution in [1.29, 1.82) is 0 Å². The fourth-order valence-corrected chi connectivity index (χ4v) is 4.05. The molecule has 19 heavy (non-hydrogen) atoms. The largest absolute Gasteiger partial charge is 0.313 e. The quantitative estimate of drug-likeness (QED) is 0.760. The van der Waals surface area contributed by atoms with Gasteiger partial charge in [0.2, 0.25) is 0 Å². The number of rotatable bonds is 6. The molecule has 2 aliphatic rings. The number of fused-ring (bicyclic) bond motifs is 3. The second-order valence-corrected chi connectivity index (χ2v) is 6.09. The van der Waals surface area contributed by atoms with E-state index in [-0.39, 0.29) is 0 Å². The first-order valence-electron chi connectivity index (χ1n) is 7.79. The summed E-state index contributed by atoms with van der Waals surface area (Å²) >= 11 is 0. The van der Waals surface area contributed by atoms with E-state index in [4.69, 9.17) is 0 Å². The highest BCUT2D eigenvalue weighted by Gasteiger charge is 2.55. The van der Waals surface area contributed by atoms with Crippen LogP contribution in [0.1, 0.15) is 43.2 Å². The predicted octanol–water partition coefficient (Wildman–Crippen LogP) is 3.91. The number of nitrogens with one attached hydrogen (secondary N) is 1. The van der Waals surface area contributed by atoms with E-state index in [1.165, 1.54) is 19.3 Å². The lowest BCUT2D eigenvalue weighted by molar-refractivity contribution is 0.437. The molecule has 1 nitrogen and oxygen atoms in total. The van der Waals surface area contributed by atoms with Crippen LogP contribution in [0.3, 0.4) is 0 Å². The summed E-state index contributed by atoms with van der Waals surface area (Å²) in [7, 11) is 0. The highest BCUT2D eigenvalue weighted by atomic mass is 14.9. The van der Waals surface area contributed by atoms with Crippen LogP contribution >= 0.6 is 0 Å². The zero-order valence-corrected chi connectivity index (χ0v) is 11.9. The minimum absolute atomic E-state index is 0.638. The van der Waals surface area contributed by atoms with Crippen LogP contribution in [-0.4, -0.2) is 12.6 Å². The maximum atomic E-state index is 3.94. The van der Waals surface area contributed by atoms with Gasteiger partial charge in [-0.25, -0.2) is 0 Å². The highest BCUT2D eigenvalue weighted by Crippen LogP contribution is 2.61.